The molecule has 2 heterocycles. The number of nitrogens with zero attached hydrogens (tertiary/aromatic N) is 2. The Balaban J connectivity index is 1.40. The van der Waals surface area contributed by atoms with Crippen LogP contribution in [0, 0.1) is 6.92 Å². The van der Waals surface area contributed by atoms with Gasteiger partial charge in [0.05, 0.1) is 18.5 Å². The molecule has 8 nitrogen and oxygen atoms in total. The fraction of sp³-hybridized carbons (Fsp3) is 0.160. The monoisotopic (exact) mass is 445 g/mol. The van der Waals surface area contributed by atoms with Crippen LogP contribution in [-0.2, 0) is 11.4 Å². The Bertz CT molecular complexity index is 1330. The minimum absolute atomic E-state index is 0.0782. The van der Waals surface area contributed by atoms with Gasteiger partial charge in [0.2, 0.25) is 0 Å². The summed E-state index contributed by atoms with van der Waals surface area (Å²) in [5.41, 5.74) is 2.32. The van der Waals surface area contributed by atoms with Gasteiger partial charge in [0.1, 0.15) is 29.5 Å². The summed E-state index contributed by atoms with van der Waals surface area (Å²) < 4.78 is 18.0. The maximum Gasteiger partial charge on any atom is 0.262 e. The summed E-state index contributed by atoms with van der Waals surface area (Å²) in [7, 11) is 1.58. The van der Waals surface area contributed by atoms with E-state index in [-0.39, 0.29) is 24.7 Å². The predicted octanol–water partition coefficient (Wildman–Crippen LogP) is 3.61. The van der Waals surface area contributed by atoms with E-state index in [2.05, 4.69) is 10.3 Å². The lowest BCUT2D eigenvalue weighted by atomic mass is 10.3. The van der Waals surface area contributed by atoms with Crippen LogP contribution in [0.3, 0.4) is 0 Å². The molecule has 4 aromatic rings. The summed E-state index contributed by atoms with van der Waals surface area (Å²) in [6, 6.07) is 19.1. The topological polar surface area (TPSA) is 91.2 Å². The number of fused-ring (bicyclic) bond motifs is 1. The number of ether oxygens (including phenoxy) is 3. The van der Waals surface area contributed by atoms with Gasteiger partial charge in [-0.05, 0) is 55.0 Å². The van der Waals surface area contributed by atoms with Crippen molar-refractivity contribution in [2.24, 2.45) is 0 Å². The molecule has 1 N–H and O–H groups in total. The number of methoxy groups -OCH3 is 1. The second-order valence-electron chi connectivity index (χ2n) is 7.32. The van der Waals surface area contributed by atoms with Crippen molar-refractivity contribution in [3.05, 3.63) is 94.5 Å². The van der Waals surface area contributed by atoms with E-state index in [1.807, 2.05) is 13.0 Å². The highest BCUT2D eigenvalue weighted by molar-refractivity contribution is 5.93. The number of aromatic nitrogens is 2. The molecule has 0 fully saturated rings. The number of para-hydroxylation sites is 2. The summed E-state index contributed by atoms with van der Waals surface area (Å²) in [4.78, 5) is 29.3. The molecule has 33 heavy (non-hydrogen) atoms. The van der Waals surface area contributed by atoms with Gasteiger partial charge in [-0.15, -0.1) is 0 Å². The second kappa shape index (κ2) is 9.86. The Morgan fingerprint density at radius 1 is 1.00 bits per heavy atom. The van der Waals surface area contributed by atoms with Crippen molar-refractivity contribution in [3.8, 4) is 17.2 Å². The van der Waals surface area contributed by atoms with Crippen molar-refractivity contribution in [2.45, 2.75) is 13.5 Å². The number of rotatable bonds is 8. The number of hydrogen-bond donors (Lipinski definition) is 1. The SMILES string of the molecule is COc1ccc(OCC(=O)Nc2ccccc2OCc2cc(=O)n3cc(C)ccc3n2)cc1. The molecule has 168 valence electrons. The Morgan fingerprint density at radius 3 is 2.55 bits per heavy atom. The van der Waals surface area contributed by atoms with E-state index >= 15 is 0 Å². The maximum absolute atomic E-state index is 12.4. The minimum atomic E-state index is -0.334. The lowest BCUT2D eigenvalue weighted by Gasteiger charge is -2.13. The van der Waals surface area contributed by atoms with E-state index in [1.54, 1.807) is 67.9 Å². The van der Waals surface area contributed by atoms with Gasteiger partial charge in [0.15, 0.2) is 6.61 Å². The standard InChI is InChI=1S/C25H23N3O5/c1-17-7-12-23-26-18(13-25(30)28(23)14-17)15-33-22-6-4-3-5-21(22)27-24(29)16-32-20-10-8-19(31-2)9-11-20/h3-14H,15-16H2,1-2H3,(H,27,29). The second-order valence-corrected chi connectivity index (χ2v) is 7.32. The molecule has 0 spiro atoms. The van der Waals surface area contributed by atoms with Crippen molar-refractivity contribution in [3.63, 3.8) is 0 Å². The molecule has 8 heteroatoms. The van der Waals surface area contributed by atoms with Crippen LogP contribution < -0.4 is 25.1 Å². The fourth-order valence-corrected chi connectivity index (χ4v) is 3.19. The third kappa shape index (κ3) is 5.48. The molecule has 0 radical (unpaired) electrons. The zero-order valence-electron chi connectivity index (χ0n) is 18.3. The highest BCUT2D eigenvalue weighted by atomic mass is 16.5. The van der Waals surface area contributed by atoms with Crippen LogP contribution in [-0.4, -0.2) is 29.0 Å². The van der Waals surface area contributed by atoms with Crippen LogP contribution in [0.25, 0.3) is 5.65 Å². The Morgan fingerprint density at radius 2 is 1.76 bits per heavy atom. The van der Waals surface area contributed by atoms with E-state index in [9.17, 15) is 9.59 Å². The average Bonchev–Trinajstić information content (AvgIpc) is 2.83. The molecule has 2 aromatic heterocycles. The van der Waals surface area contributed by atoms with Crippen molar-refractivity contribution < 1.29 is 19.0 Å². The van der Waals surface area contributed by atoms with Crippen LogP contribution in [0.4, 0.5) is 5.69 Å². The number of pyridine rings is 1. The van der Waals surface area contributed by atoms with Crippen LogP contribution in [0.1, 0.15) is 11.3 Å². The summed E-state index contributed by atoms with van der Waals surface area (Å²) in [6.45, 7) is 1.83. The van der Waals surface area contributed by atoms with Gasteiger partial charge in [0.25, 0.3) is 11.5 Å². The number of aryl methyl sites for hydroxylation is 1. The summed E-state index contributed by atoms with van der Waals surface area (Å²) in [5, 5.41) is 2.79. The summed E-state index contributed by atoms with van der Waals surface area (Å²) >= 11 is 0. The molecule has 2 aromatic carbocycles. The van der Waals surface area contributed by atoms with Crippen molar-refractivity contribution in [1.82, 2.24) is 9.38 Å². The van der Waals surface area contributed by atoms with Crippen LogP contribution >= 0.6 is 0 Å². The van der Waals surface area contributed by atoms with Crippen LogP contribution in [0.2, 0.25) is 0 Å². The van der Waals surface area contributed by atoms with E-state index in [0.717, 1.165) is 5.56 Å². The summed E-state index contributed by atoms with van der Waals surface area (Å²) in [5.74, 6) is 1.39. The lowest BCUT2D eigenvalue weighted by Crippen LogP contribution is -2.20. The highest BCUT2D eigenvalue weighted by Crippen LogP contribution is 2.25. The fourth-order valence-electron chi connectivity index (χ4n) is 3.19. The Kier molecular flexibility index (Phi) is 6.54. The number of benzene rings is 2. The van der Waals surface area contributed by atoms with Crippen molar-refractivity contribution in [1.29, 1.82) is 0 Å². The third-order valence-corrected chi connectivity index (χ3v) is 4.83. The first-order valence-electron chi connectivity index (χ1n) is 10.3. The number of carbonyl (C=O) groups is 1. The molecule has 0 aliphatic rings. The van der Waals surface area contributed by atoms with Crippen molar-refractivity contribution >= 4 is 17.2 Å². The van der Waals surface area contributed by atoms with Gasteiger partial charge in [-0.1, -0.05) is 18.2 Å². The lowest BCUT2D eigenvalue weighted by molar-refractivity contribution is -0.118. The zero-order valence-corrected chi connectivity index (χ0v) is 18.3. The van der Waals surface area contributed by atoms with Gasteiger partial charge >= 0.3 is 0 Å². The first kappa shape index (κ1) is 21.9. The molecule has 0 bridgehead atoms. The first-order chi connectivity index (χ1) is 16.0. The molecule has 4 rings (SSSR count). The molecule has 1 amide bonds. The third-order valence-electron chi connectivity index (χ3n) is 4.83. The Hall–Kier alpha value is -4.33. The molecule has 0 saturated heterocycles. The molecule has 0 unspecified atom stereocenters. The number of nitrogens with one attached hydrogen (secondary N) is 1. The first-order valence-corrected chi connectivity index (χ1v) is 10.3. The van der Waals surface area contributed by atoms with Gasteiger partial charge < -0.3 is 19.5 Å². The molecule has 0 aliphatic carbocycles. The van der Waals surface area contributed by atoms with Gasteiger partial charge in [-0.25, -0.2) is 4.98 Å². The highest BCUT2D eigenvalue weighted by Gasteiger charge is 2.10. The number of hydrogen-bond acceptors (Lipinski definition) is 6. The molecule has 0 atom stereocenters. The largest absolute Gasteiger partial charge is 0.497 e. The minimum Gasteiger partial charge on any atom is -0.497 e. The predicted molar refractivity (Wildman–Crippen MR) is 124 cm³/mol. The molecular weight excluding hydrogens is 422 g/mol. The van der Waals surface area contributed by atoms with Crippen LogP contribution in [0.15, 0.2) is 77.7 Å². The van der Waals surface area contributed by atoms with E-state index in [4.69, 9.17) is 14.2 Å². The normalized spacial score (nSPS) is 10.6. The molecular formula is C25H23N3O5. The van der Waals surface area contributed by atoms with E-state index in [0.29, 0.717) is 34.3 Å². The number of anilines is 1. The van der Waals surface area contributed by atoms with E-state index in [1.165, 1.54) is 10.5 Å². The van der Waals surface area contributed by atoms with E-state index < -0.39 is 0 Å². The number of carbonyl (C=O) groups excluding carboxylic acids is 1. The zero-order chi connectivity index (χ0) is 23.2. The van der Waals surface area contributed by atoms with Gasteiger partial charge in [0, 0.05) is 12.3 Å². The maximum atomic E-state index is 12.4. The average molecular weight is 445 g/mol. The Labute approximate surface area is 190 Å². The van der Waals surface area contributed by atoms with Crippen molar-refractivity contribution in [2.75, 3.05) is 19.0 Å². The quantitative estimate of drug-likeness (QED) is 0.446. The van der Waals surface area contributed by atoms with Gasteiger partial charge in [-0.3, -0.25) is 14.0 Å². The number of amides is 1. The van der Waals surface area contributed by atoms with Gasteiger partial charge in [-0.2, -0.15) is 0 Å². The summed E-state index contributed by atoms with van der Waals surface area (Å²) in [6.07, 6.45) is 1.74. The van der Waals surface area contributed by atoms with Crippen LogP contribution in [0.5, 0.6) is 17.2 Å². The smallest absolute Gasteiger partial charge is 0.262 e. The molecule has 0 saturated carbocycles. The molecule has 0 aliphatic heterocycles.